The second-order valence-corrected chi connectivity index (χ2v) is 10.3. The highest BCUT2D eigenvalue weighted by molar-refractivity contribution is 7.85. The topological polar surface area (TPSA) is 77.9 Å². The highest BCUT2D eigenvalue weighted by atomic mass is 35.5. The van der Waals surface area contributed by atoms with Gasteiger partial charge in [-0.25, -0.2) is 4.98 Å². The molecule has 174 valence electrons. The number of nitrogens with zero attached hydrogens (tertiary/aromatic N) is 2. The van der Waals surface area contributed by atoms with Crippen LogP contribution in [0.1, 0.15) is 21.7 Å². The van der Waals surface area contributed by atoms with Gasteiger partial charge in [-0.05, 0) is 30.3 Å². The summed E-state index contributed by atoms with van der Waals surface area (Å²) in [4.78, 5) is 9.06. The molecule has 0 saturated carbocycles. The molecule has 6 nitrogen and oxygen atoms in total. The Balaban J connectivity index is 1.56. The summed E-state index contributed by atoms with van der Waals surface area (Å²) in [7, 11) is -3.73. The molecule has 0 atom stereocenters. The average Bonchev–Trinajstić information content (AvgIpc) is 3.49. The van der Waals surface area contributed by atoms with Gasteiger partial charge in [0.15, 0.2) is 0 Å². The molecule has 0 unspecified atom stereocenters. The molecule has 0 amide bonds. The summed E-state index contributed by atoms with van der Waals surface area (Å²) in [6.45, 7) is 0.378. The number of halogens is 4. The van der Waals surface area contributed by atoms with E-state index in [2.05, 4.69) is 9.98 Å². The lowest BCUT2D eigenvalue weighted by Crippen LogP contribution is -2.05. The Labute approximate surface area is 196 Å². The molecule has 0 saturated heterocycles. The molecule has 0 fully saturated rings. The van der Waals surface area contributed by atoms with Gasteiger partial charge in [-0.1, -0.05) is 23.7 Å². The Morgan fingerprint density at radius 3 is 2.39 bits per heavy atom. The van der Waals surface area contributed by atoms with Gasteiger partial charge in [-0.2, -0.15) is 21.6 Å². The van der Waals surface area contributed by atoms with Gasteiger partial charge in [-0.15, -0.1) is 11.3 Å². The molecular weight excluding hydrogens is 501 g/mol. The number of benzene rings is 2. The van der Waals surface area contributed by atoms with E-state index in [1.807, 2.05) is 0 Å². The van der Waals surface area contributed by atoms with Crippen LogP contribution in [0, 0.1) is 0 Å². The molecule has 0 spiro atoms. The maximum Gasteiger partial charge on any atom is 0.416 e. The van der Waals surface area contributed by atoms with Crippen LogP contribution < -0.4 is 4.74 Å². The Kier molecular flexibility index (Phi) is 6.50. The second kappa shape index (κ2) is 9.05. The minimum atomic E-state index is -4.45. The molecule has 4 rings (SSSR count). The Bertz CT molecular complexity index is 1320. The number of hydrogen-bond donors (Lipinski definition) is 0. The Hall–Kier alpha value is -2.47. The van der Waals surface area contributed by atoms with Gasteiger partial charge in [0.1, 0.15) is 24.0 Å². The number of hydrogen-bond acceptors (Lipinski definition) is 7. The maximum atomic E-state index is 12.8. The van der Waals surface area contributed by atoms with Crippen molar-refractivity contribution in [3.63, 3.8) is 0 Å². The second-order valence-electron chi connectivity index (χ2n) is 7.12. The van der Waals surface area contributed by atoms with E-state index in [1.54, 1.807) is 18.2 Å². The normalized spacial score (nSPS) is 13.7. The summed E-state index contributed by atoms with van der Waals surface area (Å²) in [5, 5.41) is 0.911. The zero-order valence-corrected chi connectivity index (χ0v) is 19.4. The first-order valence-corrected chi connectivity index (χ1v) is 12.5. The zero-order valence-electron chi connectivity index (χ0n) is 17.0. The number of rotatable bonds is 8. The molecule has 33 heavy (non-hydrogen) atoms. The van der Waals surface area contributed by atoms with E-state index in [0.717, 1.165) is 29.7 Å². The van der Waals surface area contributed by atoms with E-state index in [9.17, 15) is 21.6 Å². The third kappa shape index (κ3) is 6.11. The standard InChI is InChI=1S/C21H16ClF3N2O4S2/c1-33(28,29)31-10-18-19(11-30-14-6-7-15(16(22)8-14)17-9-26-17)32-20(27-18)12-2-4-13(5-3-12)21(23,24)25/h2-8H,9-11H2,1H3. The lowest BCUT2D eigenvalue weighted by molar-refractivity contribution is -0.137. The number of thiazole rings is 1. The van der Waals surface area contributed by atoms with Crippen molar-refractivity contribution in [2.24, 2.45) is 4.99 Å². The SMILES string of the molecule is CS(=O)(=O)OCc1nc(-c2ccc(C(F)(F)F)cc2)sc1COc1ccc(C2=NC2)c(Cl)c1. The highest BCUT2D eigenvalue weighted by Gasteiger charge is 2.30. The molecule has 2 heterocycles. The third-order valence-corrected chi connectivity index (χ3v) is 6.56. The number of aromatic nitrogens is 1. The average molecular weight is 517 g/mol. The van der Waals surface area contributed by atoms with Crippen LogP contribution in [-0.4, -0.2) is 31.9 Å². The number of alkyl halides is 3. The van der Waals surface area contributed by atoms with Crippen molar-refractivity contribution in [2.75, 3.05) is 12.8 Å². The molecule has 3 aromatic rings. The van der Waals surface area contributed by atoms with Gasteiger partial charge in [0.2, 0.25) is 0 Å². The molecule has 0 aliphatic carbocycles. The predicted octanol–water partition coefficient (Wildman–Crippen LogP) is 5.34. The summed E-state index contributed by atoms with van der Waals surface area (Å²) in [5.41, 5.74) is 1.77. The Morgan fingerprint density at radius 2 is 1.82 bits per heavy atom. The van der Waals surface area contributed by atoms with Crippen molar-refractivity contribution < 1.29 is 30.5 Å². The molecule has 0 N–H and O–H groups in total. The minimum Gasteiger partial charge on any atom is -0.488 e. The number of ether oxygens (including phenoxy) is 1. The first kappa shape index (κ1) is 23.7. The zero-order chi connectivity index (χ0) is 23.8. The fraction of sp³-hybridized carbons (Fsp3) is 0.238. The van der Waals surface area contributed by atoms with E-state index < -0.39 is 21.9 Å². The van der Waals surface area contributed by atoms with E-state index >= 15 is 0 Å². The molecular formula is C21H16ClF3N2O4S2. The lowest BCUT2D eigenvalue weighted by atomic mass is 10.1. The number of aliphatic imine (C=N–C) groups is 1. The van der Waals surface area contributed by atoms with Crippen molar-refractivity contribution in [1.82, 2.24) is 4.98 Å². The molecule has 2 aromatic carbocycles. The maximum absolute atomic E-state index is 12.8. The molecule has 1 aromatic heterocycles. The van der Waals surface area contributed by atoms with Crippen LogP contribution in [-0.2, 0) is 33.7 Å². The fourth-order valence-electron chi connectivity index (χ4n) is 2.88. The van der Waals surface area contributed by atoms with Crippen molar-refractivity contribution >= 4 is 38.8 Å². The van der Waals surface area contributed by atoms with Gasteiger partial charge in [0, 0.05) is 11.1 Å². The highest BCUT2D eigenvalue weighted by Crippen LogP contribution is 2.34. The van der Waals surface area contributed by atoms with Gasteiger partial charge < -0.3 is 4.74 Å². The van der Waals surface area contributed by atoms with Crippen LogP contribution in [0.4, 0.5) is 13.2 Å². The molecule has 1 aliphatic rings. The van der Waals surface area contributed by atoms with Crippen LogP contribution in [0.3, 0.4) is 0 Å². The quantitative estimate of drug-likeness (QED) is 0.378. The summed E-state index contributed by atoms with van der Waals surface area (Å²) >= 11 is 7.44. The van der Waals surface area contributed by atoms with E-state index in [1.165, 1.54) is 23.5 Å². The molecule has 12 heteroatoms. The van der Waals surface area contributed by atoms with Crippen LogP contribution in [0.15, 0.2) is 47.5 Å². The van der Waals surface area contributed by atoms with Crippen LogP contribution in [0.25, 0.3) is 10.6 Å². The van der Waals surface area contributed by atoms with Crippen LogP contribution >= 0.6 is 22.9 Å². The fourth-order valence-corrected chi connectivity index (χ4v) is 4.46. The van der Waals surface area contributed by atoms with E-state index in [4.69, 9.17) is 20.5 Å². The van der Waals surface area contributed by atoms with Gasteiger partial charge >= 0.3 is 6.18 Å². The van der Waals surface area contributed by atoms with Crippen molar-refractivity contribution in [3.05, 3.63) is 69.2 Å². The van der Waals surface area contributed by atoms with Crippen LogP contribution in [0.2, 0.25) is 5.02 Å². The predicted molar refractivity (Wildman–Crippen MR) is 119 cm³/mol. The van der Waals surface area contributed by atoms with Crippen molar-refractivity contribution in [1.29, 1.82) is 0 Å². The van der Waals surface area contributed by atoms with Crippen LogP contribution in [0.5, 0.6) is 5.75 Å². The molecule has 1 aliphatic heterocycles. The summed E-state index contributed by atoms with van der Waals surface area (Å²) in [6.07, 6.45) is -3.53. The molecule has 0 radical (unpaired) electrons. The first-order chi connectivity index (χ1) is 15.5. The summed E-state index contributed by atoms with van der Waals surface area (Å²) < 4.78 is 72.1. The van der Waals surface area contributed by atoms with E-state index in [0.29, 0.717) is 38.5 Å². The third-order valence-electron chi connectivity index (χ3n) is 4.58. The Morgan fingerprint density at radius 1 is 1.12 bits per heavy atom. The van der Waals surface area contributed by atoms with Crippen molar-refractivity contribution in [2.45, 2.75) is 19.4 Å². The summed E-state index contributed by atoms with van der Waals surface area (Å²) in [6, 6.07) is 9.76. The van der Waals surface area contributed by atoms with E-state index in [-0.39, 0.29) is 13.2 Å². The summed E-state index contributed by atoms with van der Waals surface area (Å²) in [5.74, 6) is 0.490. The van der Waals surface area contributed by atoms with Gasteiger partial charge in [0.25, 0.3) is 10.1 Å². The lowest BCUT2D eigenvalue weighted by Gasteiger charge is -2.08. The van der Waals surface area contributed by atoms with Gasteiger partial charge in [0.05, 0.1) is 39.7 Å². The minimum absolute atomic E-state index is 0.0391. The largest absolute Gasteiger partial charge is 0.488 e. The van der Waals surface area contributed by atoms with Crippen molar-refractivity contribution in [3.8, 4) is 16.3 Å². The molecule has 0 bridgehead atoms. The monoisotopic (exact) mass is 516 g/mol. The smallest absolute Gasteiger partial charge is 0.416 e. The first-order valence-electron chi connectivity index (χ1n) is 9.46. The van der Waals surface area contributed by atoms with Gasteiger partial charge in [-0.3, -0.25) is 9.18 Å².